The second kappa shape index (κ2) is 5.14. The van der Waals surface area contributed by atoms with Crippen LogP contribution in [0.3, 0.4) is 0 Å². The summed E-state index contributed by atoms with van der Waals surface area (Å²) in [4.78, 5) is 3.49. The number of hydrogen-bond donors (Lipinski definition) is 1. The molecule has 1 atom stereocenters. The molecule has 3 nitrogen and oxygen atoms in total. The van der Waals surface area contributed by atoms with Gasteiger partial charge in [0.2, 0.25) is 0 Å². The molecule has 1 aliphatic rings. The maximum absolute atomic E-state index is 12.6. The Labute approximate surface area is 88.0 Å². The molecule has 1 heterocycles. The minimum atomic E-state index is -4.21. The molecule has 1 rings (SSSR count). The summed E-state index contributed by atoms with van der Waals surface area (Å²) >= 11 is 0. The lowest BCUT2D eigenvalue weighted by molar-refractivity contribution is -0.180. The van der Waals surface area contributed by atoms with Gasteiger partial charge in [0, 0.05) is 26.2 Å². The van der Waals surface area contributed by atoms with E-state index >= 15 is 0 Å². The molecular formula is C9H18F3N3. The van der Waals surface area contributed by atoms with Gasteiger partial charge in [0.05, 0.1) is 0 Å². The van der Waals surface area contributed by atoms with Crippen LogP contribution < -0.4 is 5.73 Å². The standard InChI is InChI=1S/C9H18F3N3/c1-14-3-2-4-15(6-5-14)8(7-13)9(10,11)12/h8H,2-7,13H2,1H3. The zero-order valence-corrected chi connectivity index (χ0v) is 8.93. The Kier molecular flexibility index (Phi) is 4.36. The van der Waals surface area contributed by atoms with Crippen LogP contribution in [-0.2, 0) is 0 Å². The summed E-state index contributed by atoms with van der Waals surface area (Å²) in [5.41, 5.74) is 5.20. The first-order chi connectivity index (χ1) is 6.95. The summed E-state index contributed by atoms with van der Waals surface area (Å²) in [5, 5.41) is 0. The topological polar surface area (TPSA) is 32.5 Å². The highest BCUT2D eigenvalue weighted by molar-refractivity contribution is 4.82. The lowest BCUT2D eigenvalue weighted by atomic mass is 10.2. The molecule has 1 saturated heterocycles. The van der Waals surface area contributed by atoms with Gasteiger partial charge in [0.25, 0.3) is 0 Å². The van der Waals surface area contributed by atoms with Crippen LogP contribution in [0.25, 0.3) is 0 Å². The number of halogens is 3. The van der Waals surface area contributed by atoms with E-state index in [1.807, 2.05) is 11.9 Å². The summed E-state index contributed by atoms with van der Waals surface area (Å²) in [6.07, 6.45) is -3.44. The highest BCUT2D eigenvalue weighted by atomic mass is 19.4. The van der Waals surface area contributed by atoms with Crippen molar-refractivity contribution in [2.24, 2.45) is 5.73 Å². The van der Waals surface area contributed by atoms with Gasteiger partial charge in [-0.2, -0.15) is 13.2 Å². The van der Waals surface area contributed by atoms with Crippen LogP contribution in [0.1, 0.15) is 6.42 Å². The van der Waals surface area contributed by atoms with Crippen LogP contribution in [0.15, 0.2) is 0 Å². The van der Waals surface area contributed by atoms with E-state index in [4.69, 9.17) is 5.73 Å². The lowest BCUT2D eigenvalue weighted by Gasteiger charge is -2.31. The van der Waals surface area contributed by atoms with Crippen molar-refractivity contribution in [2.75, 3.05) is 39.8 Å². The van der Waals surface area contributed by atoms with Crippen molar-refractivity contribution in [1.29, 1.82) is 0 Å². The Bertz CT molecular complexity index is 196. The molecule has 15 heavy (non-hydrogen) atoms. The van der Waals surface area contributed by atoms with Crippen molar-refractivity contribution in [3.05, 3.63) is 0 Å². The fraction of sp³-hybridized carbons (Fsp3) is 1.00. The third-order valence-electron chi connectivity index (χ3n) is 2.80. The minimum Gasteiger partial charge on any atom is -0.329 e. The number of nitrogens with zero attached hydrogens (tertiary/aromatic N) is 2. The minimum absolute atomic E-state index is 0.354. The van der Waals surface area contributed by atoms with Crippen LogP contribution in [-0.4, -0.2) is 61.8 Å². The molecule has 0 aromatic heterocycles. The number of likely N-dealkylation sites (N-methyl/N-ethyl adjacent to an activating group) is 1. The molecule has 0 bridgehead atoms. The van der Waals surface area contributed by atoms with E-state index in [-0.39, 0.29) is 6.54 Å². The molecule has 1 unspecified atom stereocenters. The van der Waals surface area contributed by atoms with Crippen molar-refractivity contribution in [1.82, 2.24) is 9.80 Å². The zero-order valence-electron chi connectivity index (χ0n) is 8.93. The predicted molar refractivity (Wildman–Crippen MR) is 52.6 cm³/mol. The summed E-state index contributed by atoms with van der Waals surface area (Å²) in [6.45, 7) is 2.09. The highest BCUT2D eigenvalue weighted by Gasteiger charge is 2.42. The van der Waals surface area contributed by atoms with E-state index in [1.54, 1.807) is 0 Å². The summed E-state index contributed by atoms with van der Waals surface area (Å²) in [5.74, 6) is 0. The summed E-state index contributed by atoms with van der Waals surface area (Å²) in [7, 11) is 1.93. The number of hydrogen-bond acceptors (Lipinski definition) is 3. The van der Waals surface area contributed by atoms with Crippen LogP contribution in [0.5, 0.6) is 0 Å². The first kappa shape index (κ1) is 12.7. The van der Waals surface area contributed by atoms with Crippen molar-refractivity contribution >= 4 is 0 Å². The monoisotopic (exact) mass is 225 g/mol. The number of rotatable bonds is 2. The van der Waals surface area contributed by atoms with E-state index in [0.717, 1.165) is 13.0 Å². The molecule has 0 radical (unpaired) electrons. The van der Waals surface area contributed by atoms with E-state index in [2.05, 4.69) is 0 Å². The third-order valence-corrected chi connectivity index (χ3v) is 2.80. The van der Waals surface area contributed by atoms with E-state index in [1.165, 1.54) is 4.90 Å². The van der Waals surface area contributed by atoms with Crippen molar-refractivity contribution in [3.63, 3.8) is 0 Å². The molecule has 6 heteroatoms. The van der Waals surface area contributed by atoms with E-state index < -0.39 is 12.2 Å². The maximum Gasteiger partial charge on any atom is 0.405 e. The van der Waals surface area contributed by atoms with Crippen molar-refractivity contribution in [2.45, 2.75) is 18.6 Å². The Morgan fingerprint density at radius 3 is 2.40 bits per heavy atom. The average molecular weight is 225 g/mol. The average Bonchev–Trinajstić information content (AvgIpc) is 2.30. The molecule has 1 aliphatic heterocycles. The molecule has 1 fully saturated rings. The zero-order chi connectivity index (χ0) is 11.5. The van der Waals surface area contributed by atoms with E-state index in [0.29, 0.717) is 19.6 Å². The van der Waals surface area contributed by atoms with Gasteiger partial charge in [-0.3, -0.25) is 4.90 Å². The molecule has 90 valence electrons. The Morgan fingerprint density at radius 1 is 1.20 bits per heavy atom. The SMILES string of the molecule is CN1CCCN(C(CN)C(F)(F)F)CC1. The van der Waals surface area contributed by atoms with Gasteiger partial charge in [-0.1, -0.05) is 0 Å². The lowest BCUT2D eigenvalue weighted by Crippen LogP contribution is -2.51. The molecule has 0 amide bonds. The van der Waals surface area contributed by atoms with Crippen molar-refractivity contribution in [3.8, 4) is 0 Å². The Balaban J connectivity index is 2.60. The highest BCUT2D eigenvalue weighted by Crippen LogP contribution is 2.24. The summed E-state index contributed by atoms with van der Waals surface area (Å²) in [6, 6.07) is -1.48. The van der Waals surface area contributed by atoms with Gasteiger partial charge < -0.3 is 10.6 Å². The summed E-state index contributed by atoms with van der Waals surface area (Å²) < 4.78 is 37.8. The molecule has 0 aliphatic carbocycles. The normalized spacial score (nSPS) is 23.8. The molecule has 0 aromatic rings. The Hall–Kier alpha value is -0.330. The van der Waals surface area contributed by atoms with Crippen LogP contribution in [0, 0.1) is 0 Å². The molecule has 2 N–H and O–H groups in total. The second-order valence-electron chi connectivity index (χ2n) is 3.99. The van der Waals surface area contributed by atoms with Gasteiger partial charge in [-0.05, 0) is 20.0 Å². The van der Waals surface area contributed by atoms with Crippen LogP contribution >= 0.6 is 0 Å². The van der Waals surface area contributed by atoms with Gasteiger partial charge >= 0.3 is 6.18 Å². The molecule has 0 aromatic carbocycles. The van der Waals surface area contributed by atoms with Gasteiger partial charge in [0.1, 0.15) is 6.04 Å². The fourth-order valence-electron chi connectivity index (χ4n) is 1.87. The quantitative estimate of drug-likeness (QED) is 0.743. The van der Waals surface area contributed by atoms with Gasteiger partial charge in [-0.25, -0.2) is 0 Å². The fourth-order valence-corrected chi connectivity index (χ4v) is 1.87. The smallest absolute Gasteiger partial charge is 0.329 e. The van der Waals surface area contributed by atoms with Crippen molar-refractivity contribution < 1.29 is 13.2 Å². The first-order valence-corrected chi connectivity index (χ1v) is 5.14. The Morgan fingerprint density at radius 2 is 1.87 bits per heavy atom. The second-order valence-corrected chi connectivity index (χ2v) is 3.99. The van der Waals surface area contributed by atoms with Gasteiger partial charge in [0.15, 0.2) is 0 Å². The molecule has 0 spiro atoms. The molecule has 0 saturated carbocycles. The largest absolute Gasteiger partial charge is 0.405 e. The number of alkyl halides is 3. The van der Waals surface area contributed by atoms with Crippen LogP contribution in [0.2, 0.25) is 0 Å². The van der Waals surface area contributed by atoms with Gasteiger partial charge in [-0.15, -0.1) is 0 Å². The first-order valence-electron chi connectivity index (χ1n) is 5.14. The van der Waals surface area contributed by atoms with E-state index in [9.17, 15) is 13.2 Å². The maximum atomic E-state index is 12.6. The third kappa shape index (κ3) is 3.62. The number of nitrogens with two attached hydrogens (primary N) is 1. The predicted octanol–water partition coefficient (Wildman–Crippen LogP) is 0.513. The molecular weight excluding hydrogens is 207 g/mol. The van der Waals surface area contributed by atoms with Crippen LogP contribution in [0.4, 0.5) is 13.2 Å².